The maximum atomic E-state index is 5.54. The molecule has 7 heteroatoms. The van der Waals surface area contributed by atoms with Crippen molar-refractivity contribution in [3.63, 3.8) is 0 Å². The molecule has 0 amide bonds. The lowest BCUT2D eigenvalue weighted by atomic mass is 10.1. The number of aliphatic imine (C=N–C) groups is 1. The lowest BCUT2D eigenvalue weighted by molar-refractivity contribution is 0.187. The van der Waals surface area contributed by atoms with Gasteiger partial charge in [0.05, 0.1) is 27.1 Å². The maximum Gasteiger partial charge on any atom is 0.193 e. The molecule has 7 nitrogen and oxygen atoms in total. The minimum Gasteiger partial charge on any atom is -0.497 e. The van der Waals surface area contributed by atoms with Gasteiger partial charge in [0.1, 0.15) is 17.3 Å². The third-order valence-electron chi connectivity index (χ3n) is 5.02. The van der Waals surface area contributed by atoms with E-state index in [1.165, 1.54) is 0 Å². The summed E-state index contributed by atoms with van der Waals surface area (Å²) in [6, 6.07) is 9.77. The molecule has 0 aliphatic carbocycles. The first kappa shape index (κ1) is 21.0. The zero-order valence-electron chi connectivity index (χ0n) is 17.5. The van der Waals surface area contributed by atoms with E-state index in [1.54, 1.807) is 20.5 Å². The van der Waals surface area contributed by atoms with Crippen molar-refractivity contribution in [2.45, 2.75) is 19.4 Å². The van der Waals surface area contributed by atoms with E-state index < -0.39 is 0 Å². The smallest absolute Gasteiger partial charge is 0.193 e. The average molecular weight is 402 g/mol. The molecule has 1 aliphatic heterocycles. The number of benzene rings is 1. The molecule has 1 aliphatic rings. The number of hydrogen-bond acceptors (Lipinski definition) is 5. The van der Waals surface area contributed by atoms with Crippen molar-refractivity contribution in [3.05, 3.63) is 47.9 Å². The molecule has 1 unspecified atom stereocenters. The number of methoxy groups -OCH3 is 2. The highest BCUT2D eigenvalue weighted by Crippen LogP contribution is 2.25. The fraction of sp³-hybridized carbons (Fsp3) is 0.500. The highest BCUT2D eigenvalue weighted by Gasteiger charge is 2.17. The summed E-state index contributed by atoms with van der Waals surface area (Å²) in [5.74, 6) is 3.89. The molecule has 2 heterocycles. The highest BCUT2D eigenvalue weighted by atomic mass is 16.5. The summed E-state index contributed by atoms with van der Waals surface area (Å²) < 4.78 is 21.8. The Bertz CT molecular complexity index is 770. The molecule has 2 aromatic rings. The molecule has 0 radical (unpaired) electrons. The molecule has 0 spiro atoms. The van der Waals surface area contributed by atoms with Crippen molar-refractivity contribution in [2.24, 2.45) is 10.9 Å². The van der Waals surface area contributed by atoms with E-state index in [-0.39, 0.29) is 0 Å². The Morgan fingerprint density at radius 2 is 2.17 bits per heavy atom. The standard InChI is InChI=1S/C22H31N3O4/c1-25(15-18-6-7-20(26-2)13-21(18)27-3)22(24-14-17-9-12-28-16-17)23-10-8-19-5-4-11-29-19/h4-7,11,13,17H,8-10,12,14-16H2,1-3H3,(H,23,24). The second-order valence-electron chi connectivity index (χ2n) is 7.18. The summed E-state index contributed by atoms with van der Waals surface area (Å²) in [4.78, 5) is 6.98. The van der Waals surface area contributed by atoms with Gasteiger partial charge in [-0.15, -0.1) is 0 Å². The molecule has 0 saturated carbocycles. The Hall–Kier alpha value is -2.67. The predicted octanol–water partition coefficient (Wildman–Crippen LogP) is 2.95. The van der Waals surface area contributed by atoms with Gasteiger partial charge in [-0.25, -0.2) is 0 Å². The van der Waals surface area contributed by atoms with Gasteiger partial charge in [-0.2, -0.15) is 0 Å². The number of furan rings is 1. The fourth-order valence-corrected chi connectivity index (χ4v) is 3.32. The van der Waals surface area contributed by atoms with Crippen LogP contribution in [0.15, 0.2) is 46.0 Å². The van der Waals surface area contributed by atoms with Gasteiger partial charge in [0.15, 0.2) is 5.96 Å². The molecule has 1 atom stereocenters. The lowest BCUT2D eigenvalue weighted by Crippen LogP contribution is -2.40. The van der Waals surface area contributed by atoms with Gasteiger partial charge in [0.2, 0.25) is 0 Å². The molecule has 1 N–H and O–H groups in total. The minimum atomic E-state index is 0.487. The molecule has 29 heavy (non-hydrogen) atoms. The van der Waals surface area contributed by atoms with E-state index in [4.69, 9.17) is 23.6 Å². The van der Waals surface area contributed by atoms with Crippen LogP contribution < -0.4 is 14.8 Å². The van der Waals surface area contributed by atoms with Crippen LogP contribution in [0, 0.1) is 5.92 Å². The summed E-state index contributed by atoms with van der Waals surface area (Å²) in [6.07, 6.45) is 3.57. The summed E-state index contributed by atoms with van der Waals surface area (Å²) in [5.41, 5.74) is 1.07. The summed E-state index contributed by atoms with van der Waals surface area (Å²) in [5, 5.41) is 3.47. The quantitative estimate of drug-likeness (QED) is 0.515. The van der Waals surface area contributed by atoms with Gasteiger partial charge in [0.25, 0.3) is 0 Å². The molecule has 1 aromatic carbocycles. The Morgan fingerprint density at radius 3 is 2.86 bits per heavy atom. The summed E-state index contributed by atoms with van der Waals surface area (Å²) in [7, 11) is 5.36. The van der Waals surface area contributed by atoms with Crippen molar-refractivity contribution in [1.29, 1.82) is 0 Å². The largest absolute Gasteiger partial charge is 0.497 e. The Labute approximate surface area is 172 Å². The van der Waals surface area contributed by atoms with Crippen molar-refractivity contribution in [1.82, 2.24) is 10.2 Å². The third-order valence-corrected chi connectivity index (χ3v) is 5.02. The topological polar surface area (TPSA) is 68.5 Å². The van der Waals surface area contributed by atoms with Gasteiger partial charge >= 0.3 is 0 Å². The van der Waals surface area contributed by atoms with Gasteiger partial charge in [0, 0.05) is 57.3 Å². The second kappa shape index (κ2) is 10.8. The number of nitrogens with one attached hydrogen (secondary N) is 1. The van der Waals surface area contributed by atoms with Crippen molar-refractivity contribution in [2.75, 3.05) is 47.6 Å². The van der Waals surface area contributed by atoms with Crippen LogP contribution in [0.1, 0.15) is 17.7 Å². The van der Waals surface area contributed by atoms with E-state index in [2.05, 4.69) is 10.2 Å². The Morgan fingerprint density at radius 1 is 1.28 bits per heavy atom. The van der Waals surface area contributed by atoms with Crippen LogP contribution in [-0.2, 0) is 17.7 Å². The fourth-order valence-electron chi connectivity index (χ4n) is 3.32. The molecular formula is C22H31N3O4. The normalized spacial score (nSPS) is 16.7. The first-order valence-corrected chi connectivity index (χ1v) is 10.00. The van der Waals surface area contributed by atoms with Gasteiger partial charge in [-0.05, 0) is 30.7 Å². The van der Waals surface area contributed by atoms with Crippen LogP contribution in [0.2, 0.25) is 0 Å². The number of guanidine groups is 1. The first-order valence-electron chi connectivity index (χ1n) is 10.00. The van der Waals surface area contributed by atoms with Crippen molar-refractivity contribution in [3.8, 4) is 11.5 Å². The van der Waals surface area contributed by atoms with Crippen LogP contribution in [0.25, 0.3) is 0 Å². The highest BCUT2D eigenvalue weighted by molar-refractivity contribution is 5.79. The van der Waals surface area contributed by atoms with Crippen LogP contribution in [0.3, 0.4) is 0 Å². The van der Waals surface area contributed by atoms with E-state index in [1.807, 2.05) is 37.4 Å². The van der Waals surface area contributed by atoms with Crippen molar-refractivity contribution < 1.29 is 18.6 Å². The van der Waals surface area contributed by atoms with Crippen molar-refractivity contribution >= 4 is 5.96 Å². The molecule has 1 aromatic heterocycles. The van der Waals surface area contributed by atoms with E-state index in [9.17, 15) is 0 Å². The molecule has 158 valence electrons. The van der Waals surface area contributed by atoms with Crippen LogP contribution in [0.5, 0.6) is 11.5 Å². The van der Waals surface area contributed by atoms with Gasteiger partial charge in [-0.3, -0.25) is 4.99 Å². The third kappa shape index (κ3) is 6.15. The number of nitrogens with zero attached hydrogens (tertiary/aromatic N) is 2. The second-order valence-corrected chi connectivity index (χ2v) is 7.18. The van der Waals surface area contributed by atoms with Crippen LogP contribution >= 0.6 is 0 Å². The maximum absolute atomic E-state index is 5.54. The Balaban J connectivity index is 1.66. The Kier molecular flexibility index (Phi) is 7.81. The van der Waals surface area contributed by atoms with Crippen LogP contribution in [0.4, 0.5) is 0 Å². The number of hydrogen-bond donors (Lipinski definition) is 1. The molecular weight excluding hydrogens is 370 g/mol. The molecule has 0 bridgehead atoms. The van der Waals surface area contributed by atoms with E-state index in [0.717, 1.165) is 67.9 Å². The van der Waals surface area contributed by atoms with E-state index in [0.29, 0.717) is 12.5 Å². The zero-order chi connectivity index (χ0) is 20.5. The zero-order valence-corrected chi connectivity index (χ0v) is 17.5. The molecule has 1 fully saturated rings. The summed E-state index contributed by atoms with van der Waals surface area (Å²) in [6.45, 7) is 3.80. The molecule has 1 saturated heterocycles. The van der Waals surface area contributed by atoms with Gasteiger partial charge in [-0.1, -0.05) is 0 Å². The number of rotatable bonds is 9. The van der Waals surface area contributed by atoms with Crippen LogP contribution in [-0.4, -0.2) is 58.4 Å². The monoisotopic (exact) mass is 401 g/mol. The lowest BCUT2D eigenvalue weighted by Gasteiger charge is -2.24. The predicted molar refractivity (Wildman–Crippen MR) is 113 cm³/mol. The molecule has 3 rings (SSSR count). The number of ether oxygens (including phenoxy) is 3. The van der Waals surface area contributed by atoms with Gasteiger partial charge < -0.3 is 28.8 Å². The summed E-state index contributed by atoms with van der Waals surface area (Å²) >= 11 is 0. The minimum absolute atomic E-state index is 0.487. The van der Waals surface area contributed by atoms with E-state index >= 15 is 0 Å². The SMILES string of the molecule is COc1ccc(CN(C)C(=NCC2CCOC2)NCCc2ccco2)c(OC)c1. The first-order chi connectivity index (χ1) is 14.2. The average Bonchev–Trinajstić information content (AvgIpc) is 3.44.